The first-order valence-electron chi connectivity index (χ1n) is 12.8. The van der Waals surface area contributed by atoms with Crippen LogP contribution in [0.2, 0.25) is 0 Å². The van der Waals surface area contributed by atoms with Gasteiger partial charge in [0.1, 0.15) is 17.4 Å². The Labute approximate surface area is 224 Å². The molecule has 0 aliphatic carbocycles. The monoisotopic (exact) mass is 531 g/mol. The second kappa shape index (κ2) is 10.7. The van der Waals surface area contributed by atoms with Crippen molar-refractivity contribution in [3.8, 4) is 5.75 Å². The van der Waals surface area contributed by atoms with Crippen molar-refractivity contribution in [3.05, 3.63) is 83.7 Å². The van der Waals surface area contributed by atoms with Gasteiger partial charge in [-0.1, -0.05) is 30.3 Å². The highest BCUT2D eigenvalue weighted by molar-refractivity contribution is 7.89. The van der Waals surface area contributed by atoms with E-state index in [1.165, 1.54) is 0 Å². The van der Waals surface area contributed by atoms with E-state index in [1.807, 2.05) is 24.3 Å². The maximum Gasteiger partial charge on any atom is 0.243 e. The average molecular weight is 532 g/mol. The van der Waals surface area contributed by atoms with Gasteiger partial charge in [0.15, 0.2) is 0 Å². The number of hydrogen-bond donors (Lipinski definition) is 1. The van der Waals surface area contributed by atoms with E-state index in [4.69, 9.17) is 14.7 Å². The summed E-state index contributed by atoms with van der Waals surface area (Å²) in [4.78, 5) is 12.4. The molecule has 4 aromatic rings. The number of nitrogens with one attached hydrogen (secondary N) is 1. The van der Waals surface area contributed by atoms with Crippen molar-refractivity contribution in [2.24, 2.45) is 0 Å². The van der Waals surface area contributed by atoms with Gasteiger partial charge < -0.3 is 10.1 Å². The molecule has 1 aliphatic rings. The predicted molar refractivity (Wildman–Crippen MR) is 150 cm³/mol. The van der Waals surface area contributed by atoms with Crippen LogP contribution in [0.25, 0.3) is 10.9 Å². The smallest absolute Gasteiger partial charge is 0.243 e. The van der Waals surface area contributed by atoms with Gasteiger partial charge in [0.05, 0.1) is 23.6 Å². The number of para-hydroxylation sites is 2. The van der Waals surface area contributed by atoms with Crippen molar-refractivity contribution in [3.63, 3.8) is 0 Å². The maximum absolute atomic E-state index is 13.2. The van der Waals surface area contributed by atoms with E-state index in [0.717, 1.165) is 33.5 Å². The standard InChI is InChI=1S/C29H33N5O3S/c1-20-8-7-9-21(2)27(20)31-29-25-10-5-6-11-26(25)30-28(32-29)22(3)33-16-18-34(19-17-33)38(35,36)24-14-12-23(37-4)13-15-24/h5-15,22H,16-19H2,1-4H3,(H,30,31,32)/t22-/m0/s1. The third kappa shape index (κ3) is 5.09. The minimum Gasteiger partial charge on any atom is -0.497 e. The Morgan fingerprint density at radius 3 is 2.18 bits per heavy atom. The third-order valence-corrected chi connectivity index (χ3v) is 9.15. The van der Waals surface area contributed by atoms with Crippen molar-refractivity contribution in [1.29, 1.82) is 0 Å². The second-order valence-electron chi connectivity index (χ2n) is 9.63. The molecule has 0 unspecified atom stereocenters. The zero-order valence-electron chi connectivity index (χ0n) is 22.2. The summed E-state index contributed by atoms with van der Waals surface area (Å²) in [6.07, 6.45) is 0. The topological polar surface area (TPSA) is 87.7 Å². The van der Waals surface area contributed by atoms with Crippen molar-refractivity contribution >= 4 is 32.4 Å². The number of methoxy groups -OCH3 is 1. The lowest BCUT2D eigenvalue weighted by Crippen LogP contribution is -2.49. The van der Waals surface area contributed by atoms with Crippen LogP contribution in [0.15, 0.2) is 71.6 Å². The molecule has 1 aliphatic heterocycles. The van der Waals surface area contributed by atoms with Gasteiger partial charge in [0.25, 0.3) is 0 Å². The molecular weight excluding hydrogens is 498 g/mol. The summed E-state index contributed by atoms with van der Waals surface area (Å²) >= 11 is 0. The lowest BCUT2D eigenvalue weighted by Gasteiger charge is -2.37. The molecule has 1 atom stereocenters. The van der Waals surface area contributed by atoms with Crippen molar-refractivity contribution < 1.29 is 13.2 Å². The number of anilines is 2. The van der Waals surface area contributed by atoms with Crippen molar-refractivity contribution in [2.75, 3.05) is 38.6 Å². The van der Waals surface area contributed by atoms with Crippen LogP contribution in [-0.4, -0.2) is 60.9 Å². The van der Waals surface area contributed by atoms with Gasteiger partial charge in [0.2, 0.25) is 10.0 Å². The van der Waals surface area contributed by atoms with Gasteiger partial charge in [-0.25, -0.2) is 18.4 Å². The Bertz CT molecular complexity index is 1530. The van der Waals surface area contributed by atoms with E-state index in [0.29, 0.717) is 37.8 Å². The van der Waals surface area contributed by atoms with E-state index in [9.17, 15) is 8.42 Å². The summed E-state index contributed by atoms with van der Waals surface area (Å²) in [6.45, 7) is 8.24. The van der Waals surface area contributed by atoms with Crippen LogP contribution in [0, 0.1) is 13.8 Å². The van der Waals surface area contributed by atoms with Gasteiger partial charge >= 0.3 is 0 Å². The number of aromatic nitrogens is 2. The first-order valence-corrected chi connectivity index (χ1v) is 14.2. The third-order valence-electron chi connectivity index (χ3n) is 7.24. The second-order valence-corrected chi connectivity index (χ2v) is 11.6. The lowest BCUT2D eigenvalue weighted by atomic mass is 10.1. The van der Waals surface area contributed by atoms with Gasteiger partial charge in [-0.3, -0.25) is 4.90 Å². The van der Waals surface area contributed by atoms with Gasteiger partial charge in [-0.05, 0) is 68.3 Å². The van der Waals surface area contributed by atoms with Gasteiger partial charge in [-0.15, -0.1) is 0 Å². The van der Waals surface area contributed by atoms with E-state index >= 15 is 0 Å². The fourth-order valence-electron chi connectivity index (χ4n) is 4.90. The van der Waals surface area contributed by atoms with E-state index in [1.54, 1.807) is 35.7 Å². The molecule has 0 spiro atoms. The summed E-state index contributed by atoms with van der Waals surface area (Å²) in [5.74, 6) is 2.11. The highest BCUT2D eigenvalue weighted by Gasteiger charge is 2.31. The number of hydrogen-bond acceptors (Lipinski definition) is 7. The fraction of sp³-hybridized carbons (Fsp3) is 0.310. The molecule has 38 heavy (non-hydrogen) atoms. The molecule has 3 aromatic carbocycles. The quantitative estimate of drug-likeness (QED) is 0.356. The fourth-order valence-corrected chi connectivity index (χ4v) is 6.32. The number of benzene rings is 3. The molecule has 0 radical (unpaired) electrons. The summed E-state index contributed by atoms with van der Waals surface area (Å²) in [5.41, 5.74) is 4.22. The zero-order valence-corrected chi connectivity index (χ0v) is 23.0. The summed E-state index contributed by atoms with van der Waals surface area (Å²) < 4.78 is 33.1. The largest absolute Gasteiger partial charge is 0.497 e. The molecule has 0 amide bonds. The van der Waals surface area contributed by atoms with Crippen LogP contribution in [0.3, 0.4) is 0 Å². The molecular formula is C29H33N5O3S. The minimum atomic E-state index is -3.57. The number of piperazine rings is 1. The average Bonchev–Trinajstić information content (AvgIpc) is 2.94. The Morgan fingerprint density at radius 2 is 1.53 bits per heavy atom. The van der Waals surface area contributed by atoms with Gasteiger partial charge in [0, 0.05) is 37.3 Å². The summed E-state index contributed by atoms with van der Waals surface area (Å²) in [6, 6.07) is 20.7. The summed E-state index contributed by atoms with van der Waals surface area (Å²) in [7, 11) is -2.01. The lowest BCUT2D eigenvalue weighted by molar-refractivity contribution is 0.141. The normalized spacial score (nSPS) is 15.9. The Morgan fingerprint density at radius 1 is 0.868 bits per heavy atom. The molecule has 9 heteroatoms. The van der Waals surface area contributed by atoms with Crippen LogP contribution >= 0.6 is 0 Å². The molecule has 0 saturated carbocycles. The first kappa shape index (κ1) is 26.1. The van der Waals surface area contributed by atoms with Crippen LogP contribution in [0.1, 0.15) is 29.9 Å². The molecule has 1 aromatic heterocycles. The van der Waals surface area contributed by atoms with E-state index in [-0.39, 0.29) is 10.9 Å². The molecule has 1 N–H and O–H groups in total. The number of sulfonamides is 1. The Kier molecular flexibility index (Phi) is 7.34. The Balaban J connectivity index is 1.36. The van der Waals surface area contributed by atoms with Crippen molar-refractivity contribution in [2.45, 2.75) is 31.7 Å². The molecule has 198 valence electrons. The molecule has 5 rings (SSSR count). The summed E-state index contributed by atoms with van der Waals surface area (Å²) in [5, 5.41) is 4.53. The number of fused-ring (bicyclic) bond motifs is 1. The number of aryl methyl sites for hydroxylation is 2. The number of rotatable bonds is 7. The van der Waals surface area contributed by atoms with E-state index < -0.39 is 10.0 Å². The molecule has 1 fully saturated rings. The molecule has 1 saturated heterocycles. The van der Waals surface area contributed by atoms with Crippen molar-refractivity contribution in [1.82, 2.24) is 19.2 Å². The van der Waals surface area contributed by atoms with E-state index in [2.05, 4.69) is 49.2 Å². The highest BCUT2D eigenvalue weighted by Crippen LogP contribution is 2.30. The Hall–Kier alpha value is -3.53. The number of ether oxygens (including phenoxy) is 1. The molecule has 0 bridgehead atoms. The molecule has 2 heterocycles. The number of nitrogens with zero attached hydrogens (tertiary/aromatic N) is 4. The van der Waals surface area contributed by atoms with Gasteiger partial charge in [-0.2, -0.15) is 4.31 Å². The minimum absolute atomic E-state index is 0.0797. The first-order chi connectivity index (χ1) is 18.3. The zero-order chi connectivity index (χ0) is 26.9. The highest BCUT2D eigenvalue weighted by atomic mass is 32.2. The van der Waals surface area contributed by atoms with Crippen LogP contribution in [0.5, 0.6) is 5.75 Å². The predicted octanol–water partition coefficient (Wildman–Crippen LogP) is 5.07. The molecule has 8 nitrogen and oxygen atoms in total. The van der Waals surface area contributed by atoms with Crippen LogP contribution < -0.4 is 10.1 Å². The van der Waals surface area contributed by atoms with Crippen LogP contribution in [-0.2, 0) is 10.0 Å². The SMILES string of the molecule is COc1ccc(S(=O)(=O)N2CCN([C@@H](C)c3nc(Nc4c(C)cccc4C)c4ccccc4n3)CC2)cc1. The maximum atomic E-state index is 13.2. The van der Waals surface area contributed by atoms with Crippen LogP contribution in [0.4, 0.5) is 11.5 Å².